The summed E-state index contributed by atoms with van der Waals surface area (Å²) in [5.41, 5.74) is 2.15. The summed E-state index contributed by atoms with van der Waals surface area (Å²) in [6, 6.07) is 3.63. The SMILES string of the molecule is Cc1cc(NC(=O)c2cc(C(C)C)nc(N3CCCCC3)n2)n(C)n1. The molecule has 0 spiro atoms. The van der Waals surface area contributed by atoms with Gasteiger partial charge in [-0.1, -0.05) is 13.8 Å². The van der Waals surface area contributed by atoms with Crippen LogP contribution in [0.3, 0.4) is 0 Å². The Labute approximate surface area is 148 Å². The summed E-state index contributed by atoms with van der Waals surface area (Å²) >= 11 is 0. The van der Waals surface area contributed by atoms with E-state index in [4.69, 9.17) is 0 Å². The molecule has 134 valence electrons. The number of aryl methyl sites for hydroxylation is 2. The Morgan fingerprint density at radius 1 is 1.16 bits per heavy atom. The fourth-order valence-corrected chi connectivity index (χ4v) is 3.01. The van der Waals surface area contributed by atoms with Gasteiger partial charge < -0.3 is 10.2 Å². The molecule has 1 amide bonds. The van der Waals surface area contributed by atoms with Gasteiger partial charge in [0.15, 0.2) is 0 Å². The van der Waals surface area contributed by atoms with E-state index < -0.39 is 0 Å². The number of rotatable bonds is 4. The zero-order valence-electron chi connectivity index (χ0n) is 15.4. The number of anilines is 2. The zero-order valence-corrected chi connectivity index (χ0v) is 15.4. The molecule has 1 N–H and O–H groups in total. The lowest BCUT2D eigenvalue weighted by molar-refractivity contribution is 0.102. The first kappa shape index (κ1) is 17.4. The molecule has 7 nitrogen and oxygen atoms in total. The van der Waals surface area contributed by atoms with E-state index >= 15 is 0 Å². The van der Waals surface area contributed by atoms with E-state index in [1.807, 2.05) is 13.0 Å². The molecule has 2 aromatic heterocycles. The van der Waals surface area contributed by atoms with Crippen LogP contribution in [0.4, 0.5) is 11.8 Å². The van der Waals surface area contributed by atoms with Crippen LogP contribution in [0.25, 0.3) is 0 Å². The first-order valence-electron chi connectivity index (χ1n) is 8.90. The van der Waals surface area contributed by atoms with E-state index in [0.717, 1.165) is 37.3 Å². The highest BCUT2D eigenvalue weighted by Crippen LogP contribution is 2.21. The lowest BCUT2D eigenvalue weighted by atomic mass is 10.1. The van der Waals surface area contributed by atoms with E-state index in [9.17, 15) is 4.79 Å². The Hall–Kier alpha value is -2.44. The maximum Gasteiger partial charge on any atom is 0.275 e. The minimum Gasteiger partial charge on any atom is -0.341 e. The smallest absolute Gasteiger partial charge is 0.275 e. The second-order valence-corrected chi connectivity index (χ2v) is 6.93. The highest BCUT2D eigenvalue weighted by atomic mass is 16.2. The maximum atomic E-state index is 12.7. The van der Waals surface area contributed by atoms with Crippen LogP contribution in [0.5, 0.6) is 0 Å². The van der Waals surface area contributed by atoms with Crippen molar-refractivity contribution in [2.24, 2.45) is 7.05 Å². The van der Waals surface area contributed by atoms with Crippen molar-refractivity contribution in [1.29, 1.82) is 0 Å². The van der Waals surface area contributed by atoms with Crippen molar-refractivity contribution >= 4 is 17.7 Å². The average molecular weight is 342 g/mol. The second kappa shape index (κ2) is 7.21. The number of piperidine rings is 1. The summed E-state index contributed by atoms with van der Waals surface area (Å²) in [6.07, 6.45) is 3.53. The van der Waals surface area contributed by atoms with Crippen LogP contribution in [0.1, 0.15) is 60.9 Å². The second-order valence-electron chi connectivity index (χ2n) is 6.93. The number of nitrogens with one attached hydrogen (secondary N) is 1. The molecular weight excluding hydrogens is 316 g/mol. The summed E-state index contributed by atoms with van der Waals surface area (Å²) in [5.74, 6) is 1.33. The molecule has 0 atom stereocenters. The third-order valence-electron chi connectivity index (χ3n) is 4.44. The minimum absolute atomic E-state index is 0.231. The fraction of sp³-hybridized carbons (Fsp3) is 0.556. The fourth-order valence-electron chi connectivity index (χ4n) is 3.01. The molecule has 1 saturated heterocycles. The number of aromatic nitrogens is 4. The highest BCUT2D eigenvalue weighted by Gasteiger charge is 2.19. The molecule has 0 aromatic carbocycles. The van der Waals surface area contributed by atoms with E-state index in [1.54, 1.807) is 17.8 Å². The number of hydrogen-bond donors (Lipinski definition) is 1. The Bertz CT molecular complexity index is 761. The van der Waals surface area contributed by atoms with Gasteiger partial charge in [-0.05, 0) is 38.2 Å². The molecule has 1 aliphatic rings. The number of amides is 1. The molecule has 7 heteroatoms. The minimum atomic E-state index is -0.231. The van der Waals surface area contributed by atoms with Gasteiger partial charge in [-0.25, -0.2) is 9.97 Å². The van der Waals surface area contributed by atoms with E-state index in [1.165, 1.54) is 6.42 Å². The average Bonchev–Trinajstić information content (AvgIpc) is 2.92. The van der Waals surface area contributed by atoms with Crippen molar-refractivity contribution in [1.82, 2.24) is 19.7 Å². The Morgan fingerprint density at radius 2 is 1.88 bits per heavy atom. The molecular formula is C18H26N6O. The van der Waals surface area contributed by atoms with E-state index in [0.29, 0.717) is 17.5 Å². The standard InChI is InChI=1S/C18H26N6O/c1-12(2)14-11-15(17(25)21-16-10-13(3)22-23(16)4)20-18(19-14)24-8-6-5-7-9-24/h10-12H,5-9H2,1-4H3,(H,21,25). The van der Waals surface area contributed by atoms with E-state index in [2.05, 4.69) is 39.1 Å². The van der Waals surface area contributed by atoms with Crippen LogP contribution in [0.15, 0.2) is 12.1 Å². The van der Waals surface area contributed by atoms with Gasteiger partial charge in [0.1, 0.15) is 11.5 Å². The molecule has 0 bridgehead atoms. The van der Waals surface area contributed by atoms with Crippen LogP contribution in [0, 0.1) is 6.92 Å². The Balaban J connectivity index is 1.89. The van der Waals surface area contributed by atoms with Gasteiger partial charge in [0.05, 0.1) is 5.69 Å². The molecule has 1 fully saturated rings. The summed E-state index contributed by atoms with van der Waals surface area (Å²) in [6.45, 7) is 7.95. The number of carbonyl (C=O) groups excluding carboxylic acids is 1. The molecule has 3 rings (SSSR count). The quantitative estimate of drug-likeness (QED) is 0.924. The van der Waals surface area contributed by atoms with Crippen molar-refractivity contribution in [2.45, 2.75) is 46.0 Å². The van der Waals surface area contributed by atoms with Gasteiger partial charge in [0.2, 0.25) is 5.95 Å². The van der Waals surface area contributed by atoms with E-state index in [-0.39, 0.29) is 11.8 Å². The predicted molar refractivity (Wildman–Crippen MR) is 98.1 cm³/mol. The number of hydrogen-bond acceptors (Lipinski definition) is 5. The molecule has 0 saturated carbocycles. The lowest BCUT2D eigenvalue weighted by Gasteiger charge is -2.27. The van der Waals surface area contributed by atoms with Crippen LogP contribution in [-0.4, -0.2) is 38.7 Å². The Kier molecular flexibility index (Phi) is 5.01. The summed E-state index contributed by atoms with van der Waals surface area (Å²) in [7, 11) is 1.81. The van der Waals surface area contributed by atoms with Crippen molar-refractivity contribution in [3.63, 3.8) is 0 Å². The molecule has 25 heavy (non-hydrogen) atoms. The molecule has 0 radical (unpaired) electrons. The van der Waals surface area contributed by atoms with Crippen LogP contribution < -0.4 is 10.2 Å². The van der Waals surface area contributed by atoms with Crippen molar-refractivity contribution in [3.05, 3.63) is 29.2 Å². The third-order valence-corrected chi connectivity index (χ3v) is 4.44. The van der Waals surface area contributed by atoms with Crippen LogP contribution in [0.2, 0.25) is 0 Å². The summed E-state index contributed by atoms with van der Waals surface area (Å²) < 4.78 is 1.66. The van der Waals surface area contributed by atoms with Gasteiger partial charge >= 0.3 is 0 Å². The topological polar surface area (TPSA) is 75.9 Å². The Morgan fingerprint density at radius 3 is 2.48 bits per heavy atom. The van der Waals surface area contributed by atoms with Crippen LogP contribution >= 0.6 is 0 Å². The maximum absolute atomic E-state index is 12.7. The third kappa shape index (κ3) is 3.97. The summed E-state index contributed by atoms with van der Waals surface area (Å²) in [5, 5.41) is 7.15. The lowest BCUT2D eigenvalue weighted by Crippen LogP contribution is -2.32. The van der Waals surface area contributed by atoms with Crippen LogP contribution in [-0.2, 0) is 7.05 Å². The van der Waals surface area contributed by atoms with Gasteiger partial charge in [-0.15, -0.1) is 0 Å². The molecule has 2 aromatic rings. The molecule has 0 unspecified atom stereocenters. The largest absolute Gasteiger partial charge is 0.341 e. The molecule has 3 heterocycles. The first-order chi connectivity index (χ1) is 11.9. The van der Waals surface area contributed by atoms with Gasteiger partial charge in [-0.3, -0.25) is 9.48 Å². The summed E-state index contributed by atoms with van der Waals surface area (Å²) in [4.78, 5) is 24.1. The molecule has 0 aliphatic carbocycles. The van der Waals surface area contributed by atoms with Gasteiger partial charge in [0, 0.05) is 31.9 Å². The van der Waals surface area contributed by atoms with Crippen molar-refractivity contribution < 1.29 is 4.79 Å². The zero-order chi connectivity index (χ0) is 18.0. The first-order valence-corrected chi connectivity index (χ1v) is 8.90. The predicted octanol–water partition coefficient (Wildman–Crippen LogP) is 2.88. The molecule has 1 aliphatic heterocycles. The van der Waals surface area contributed by atoms with Gasteiger partial charge in [-0.2, -0.15) is 5.10 Å². The van der Waals surface area contributed by atoms with Crippen molar-refractivity contribution in [3.8, 4) is 0 Å². The van der Waals surface area contributed by atoms with Gasteiger partial charge in [0.25, 0.3) is 5.91 Å². The van der Waals surface area contributed by atoms with Crippen molar-refractivity contribution in [2.75, 3.05) is 23.3 Å². The monoisotopic (exact) mass is 342 g/mol. The number of nitrogens with zero attached hydrogens (tertiary/aromatic N) is 5. The number of carbonyl (C=O) groups is 1. The highest BCUT2D eigenvalue weighted by molar-refractivity contribution is 6.02. The normalized spacial score (nSPS) is 14.8.